The lowest BCUT2D eigenvalue weighted by molar-refractivity contribution is -0.132. The van der Waals surface area contributed by atoms with Gasteiger partial charge in [-0.3, -0.25) is 14.5 Å². The zero-order chi connectivity index (χ0) is 33.0. The zero-order valence-electron chi connectivity index (χ0n) is 25.7. The molecule has 5 rings (SSSR count). The Kier molecular flexibility index (Phi) is 9.53. The van der Waals surface area contributed by atoms with E-state index in [2.05, 4.69) is 11.6 Å². The molecule has 1 atom stereocenters. The van der Waals surface area contributed by atoms with Crippen LogP contribution in [0.1, 0.15) is 43.7 Å². The average Bonchev–Trinajstić information content (AvgIpc) is 3.58. The molecule has 1 aliphatic rings. The van der Waals surface area contributed by atoms with Gasteiger partial charge in [-0.2, -0.15) is 0 Å². The molecule has 3 aromatic carbocycles. The van der Waals surface area contributed by atoms with Gasteiger partial charge in [-0.25, -0.2) is 9.78 Å². The normalized spacial score (nSPS) is 15.5. The van der Waals surface area contributed by atoms with Crippen molar-refractivity contribution in [1.29, 1.82) is 0 Å². The Labute approximate surface area is 270 Å². The van der Waals surface area contributed by atoms with Crippen molar-refractivity contribution in [2.24, 2.45) is 0 Å². The first-order chi connectivity index (χ1) is 22.2. The molecule has 1 aliphatic heterocycles. The van der Waals surface area contributed by atoms with Crippen molar-refractivity contribution in [3.8, 4) is 17.2 Å². The highest BCUT2D eigenvalue weighted by Crippen LogP contribution is 2.46. The molecule has 1 unspecified atom stereocenters. The highest BCUT2D eigenvalue weighted by atomic mass is 32.1. The number of aromatic nitrogens is 1. The maximum Gasteiger partial charge on any atom is 0.350 e. The smallest absolute Gasteiger partial charge is 0.350 e. The van der Waals surface area contributed by atoms with E-state index in [-0.39, 0.29) is 27.9 Å². The Morgan fingerprint density at radius 1 is 1.02 bits per heavy atom. The second kappa shape index (κ2) is 13.7. The molecule has 2 heterocycles. The quantitative estimate of drug-likeness (QED) is 0.0659. The number of esters is 1. The van der Waals surface area contributed by atoms with Gasteiger partial charge < -0.3 is 24.1 Å². The van der Waals surface area contributed by atoms with E-state index in [0.717, 1.165) is 16.9 Å². The van der Waals surface area contributed by atoms with Crippen molar-refractivity contribution in [3.63, 3.8) is 0 Å². The van der Waals surface area contributed by atoms with Crippen molar-refractivity contribution < 1.29 is 38.4 Å². The van der Waals surface area contributed by atoms with Gasteiger partial charge in [0.2, 0.25) is 0 Å². The summed E-state index contributed by atoms with van der Waals surface area (Å²) in [6.07, 6.45) is 1.44. The number of aryl methyl sites for hydroxylation is 2. The van der Waals surface area contributed by atoms with E-state index < -0.39 is 23.7 Å². The van der Waals surface area contributed by atoms with E-state index in [1.165, 1.54) is 25.2 Å². The van der Waals surface area contributed by atoms with Crippen LogP contribution >= 0.6 is 11.3 Å². The fraction of sp³-hybridized carbons (Fsp3) is 0.200. The molecule has 0 radical (unpaired) electrons. The summed E-state index contributed by atoms with van der Waals surface area (Å²) < 4.78 is 22.0. The Balaban J connectivity index is 1.60. The summed E-state index contributed by atoms with van der Waals surface area (Å²) >= 11 is 0.912. The molecule has 1 amide bonds. The Morgan fingerprint density at radius 2 is 1.76 bits per heavy atom. The van der Waals surface area contributed by atoms with Gasteiger partial charge in [0, 0.05) is 5.56 Å². The fourth-order valence-electron chi connectivity index (χ4n) is 5.12. The van der Waals surface area contributed by atoms with Crippen LogP contribution in [-0.4, -0.2) is 48.6 Å². The minimum absolute atomic E-state index is 0.00288. The van der Waals surface area contributed by atoms with Crippen molar-refractivity contribution in [2.45, 2.75) is 26.5 Å². The molecule has 0 saturated carbocycles. The van der Waals surface area contributed by atoms with E-state index in [4.69, 9.17) is 18.9 Å². The molecule has 0 bridgehead atoms. The van der Waals surface area contributed by atoms with E-state index in [1.807, 2.05) is 30.3 Å². The molecule has 0 spiro atoms. The Bertz CT molecular complexity index is 1850. The number of carbonyl (C=O) groups is 3. The van der Waals surface area contributed by atoms with Crippen LogP contribution in [0.3, 0.4) is 0 Å². The number of amides is 1. The lowest BCUT2D eigenvalue weighted by atomic mass is 9.93. The van der Waals surface area contributed by atoms with Crippen molar-refractivity contribution in [2.75, 3.05) is 25.7 Å². The van der Waals surface area contributed by atoms with Gasteiger partial charge in [-0.15, -0.1) is 0 Å². The van der Waals surface area contributed by atoms with Gasteiger partial charge in [-0.1, -0.05) is 60.4 Å². The molecule has 1 fully saturated rings. The zero-order valence-corrected chi connectivity index (χ0v) is 26.6. The standard InChI is InChI=1S/C35H32N2O8S/c1-6-16-44-34(41)32-21(3)36-35(46-32)37-29(23-12-15-26(42-4)27(18-23)43-5)28(31(39)33(37)40)30(38)25-14-13-24(17-20(25)2)45-19-22-10-8-7-9-11-22/h6-15,17-18,29,38H,1,16,19H2,2-5H3. The van der Waals surface area contributed by atoms with Gasteiger partial charge in [0.05, 0.1) is 31.5 Å². The number of ketones is 1. The maximum absolute atomic E-state index is 13.8. The summed E-state index contributed by atoms with van der Waals surface area (Å²) in [6.45, 7) is 7.29. The summed E-state index contributed by atoms with van der Waals surface area (Å²) in [6, 6.07) is 18.6. The van der Waals surface area contributed by atoms with Crippen LogP contribution in [0, 0.1) is 13.8 Å². The summed E-state index contributed by atoms with van der Waals surface area (Å²) in [7, 11) is 2.96. The second-order valence-electron chi connectivity index (χ2n) is 10.3. The number of Topliss-reactive ketones (excluding diaryl/α,β-unsaturated/α-hetero) is 1. The number of thiazole rings is 1. The summed E-state index contributed by atoms with van der Waals surface area (Å²) in [5.74, 6) is -1.47. The van der Waals surface area contributed by atoms with Crippen molar-refractivity contribution >= 4 is 39.9 Å². The van der Waals surface area contributed by atoms with Crippen molar-refractivity contribution in [3.05, 3.63) is 118 Å². The third-order valence-electron chi connectivity index (χ3n) is 7.38. The van der Waals surface area contributed by atoms with E-state index in [0.29, 0.717) is 46.2 Å². The van der Waals surface area contributed by atoms with Gasteiger partial charge in [-0.05, 0) is 60.9 Å². The SMILES string of the molecule is C=CCOC(=O)c1sc(N2C(=O)C(=O)C(=C(O)c3ccc(OCc4ccccc4)cc3C)C2c2ccc(OC)c(OC)c2)nc1C. The first kappa shape index (κ1) is 32.0. The van der Waals surface area contributed by atoms with Gasteiger partial charge in [0.15, 0.2) is 16.6 Å². The number of rotatable bonds is 11. The van der Waals surface area contributed by atoms with Crippen LogP contribution in [0.15, 0.2) is 85.0 Å². The third-order valence-corrected chi connectivity index (χ3v) is 8.51. The molecule has 0 aliphatic carbocycles. The average molecular weight is 641 g/mol. The molecule has 11 heteroatoms. The van der Waals surface area contributed by atoms with Crippen LogP contribution in [0.4, 0.5) is 5.13 Å². The second-order valence-corrected chi connectivity index (χ2v) is 11.3. The molecule has 1 N–H and O–H groups in total. The monoisotopic (exact) mass is 640 g/mol. The number of methoxy groups -OCH3 is 2. The molecule has 1 aromatic heterocycles. The van der Waals surface area contributed by atoms with Crippen LogP contribution < -0.4 is 19.1 Å². The minimum atomic E-state index is -1.11. The number of aliphatic hydroxyl groups excluding tert-OH is 1. The van der Waals surface area contributed by atoms with Crippen molar-refractivity contribution in [1.82, 2.24) is 4.98 Å². The lowest BCUT2D eigenvalue weighted by Gasteiger charge is -2.24. The topological polar surface area (TPSA) is 124 Å². The number of benzene rings is 3. The minimum Gasteiger partial charge on any atom is -0.507 e. The van der Waals surface area contributed by atoms with Crippen LogP contribution in [0.5, 0.6) is 17.2 Å². The van der Waals surface area contributed by atoms with Gasteiger partial charge >= 0.3 is 11.9 Å². The number of carbonyl (C=O) groups excluding carboxylic acids is 3. The molecular formula is C35H32N2O8S. The summed E-state index contributed by atoms with van der Waals surface area (Å²) in [5, 5.41) is 11.8. The fourth-order valence-corrected chi connectivity index (χ4v) is 6.11. The Hall–Kier alpha value is -5.42. The van der Waals surface area contributed by atoms with Gasteiger partial charge in [0.1, 0.15) is 29.6 Å². The molecule has 46 heavy (non-hydrogen) atoms. The number of hydrogen-bond acceptors (Lipinski definition) is 10. The highest BCUT2D eigenvalue weighted by Gasteiger charge is 2.49. The van der Waals surface area contributed by atoms with Crippen LogP contribution in [0.2, 0.25) is 0 Å². The van der Waals surface area contributed by atoms with Crippen LogP contribution in [-0.2, 0) is 20.9 Å². The molecule has 236 valence electrons. The first-order valence-electron chi connectivity index (χ1n) is 14.2. The number of nitrogens with zero attached hydrogens (tertiary/aromatic N) is 2. The predicted molar refractivity (Wildman–Crippen MR) is 174 cm³/mol. The number of ether oxygens (including phenoxy) is 4. The lowest BCUT2D eigenvalue weighted by Crippen LogP contribution is -2.29. The predicted octanol–water partition coefficient (Wildman–Crippen LogP) is 6.33. The maximum atomic E-state index is 13.8. The highest BCUT2D eigenvalue weighted by molar-refractivity contribution is 7.17. The van der Waals surface area contributed by atoms with Crippen LogP contribution in [0.25, 0.3) is 5.76 Å². The number of hydrogen-bond donors (Lipinski definition) is 1. The molecule has 4 aromatic rings. The van der Waals surface area contributed by atoms with E-state index >= 15 is 0 Å². The summed E-state index contributed by atoms with van der Waals surface area (Å²) in [5.41, 5.74) is 2.59. The largest absolute Gasteiger partial charge is 0.507 e. The van der Waals surface area contributed by atoms with E-state index in [9.17, 15) is 19.5 Å². The van der Waals surface area contributed by atoms with Gasteiger partial charge in [0.25, 0.3) is 5.78 Å². The molecular weight excluding hydrogens is 608 g/mol. The number of anilines is 1. The Morgan fingerprint density at radius 3 is 2.43 bits per heavy atom. The first-order valence-corrected chi connectivity index (χ1v) is 15.1. The molecule has 10 nitrogen and oxygen atoms in total. The molecule has 1 saturated heterocycles. The number of aliphatic hydroxyl groups is 1. The van der Waals surface area contributed by atoms with E-state index in [1.54, 1.807) is 50.2 Å². The third kappa shape index (κ3) is 6.22. The summed E-state index contributed by atoms with van der Waals surface area (Å²) in [4.78, 5) is 46.0.